The minimum absolute atomic E-state index is 0.116. The molecule has 0 atom stereocenters. The molecule has 2 aliphatic rings. The molecule has 1 aliphatic heterocycles. The van der Waals surface area contributed by atoms with Crippen molar-refractivity contribution in [2.45, 2.75) is 19.8 Å². The number of carbonyl (C=O) groups excluding carboxylic acids is 3. The summed E-state index contributed by atoms with van der Waals surface area (Å²) in [5.74, 6) is 0.581. The Morgan fingerprint density at radius 2 is 2.03 bits per heavy atom. The summed E-state index contributed by atoms with van der Waals surface area (Å²) in [5.41, 5.74) is 1.72. The average Bonchev–Trinajstić information content (AvgIpc) is 3.59. The topological polar surface area (TPSA) is 84.9 Å². The van der Waals surface area contributed by atoms with Crippen LogP contribution in [0.25, 0.3) is 0 Å². The number of hydrogen-bond donors (Lipinski definition) is 1. The second-order valence-corrected chi connectivity index (χ2v) is 8.25. The number of halogens is 1. The van der Waals surface area contributed by atoms with Crippen LogP contribution in [-0.4, -0.2) is 43.9 Å². The predicted octanol–water partition coefficient (Wildman–Crippen LogP) is 3.16. The summed E-state index contributed by atoms with van der Waals surface area (Å²) in [6.07, 6.45) is 2.25. The second kappa shape index (κ2) is 8.98. The van der Waals surface area contributed by atoms with Gasteiger partial charge in [0.25, 0.3) is 5.91 Å². The van der Waals surface area contributed by atoms with E-state index in [1.807, 2.05) is 13.0 Å². The molecule has 1 aliphatic carbocycles. The van der Waals surface area contributed by atoms with E-state index in [-0.39, 0.29) is 37.4 Å². The number of nitrogens with one attached hydrogen (secondary N) is 1. The van der Waals surface area contributed by atoms with Gasteiger partial charge in [0.1, 0.15) is 18.0 Å². The van der Waals surface area contributed by atoms with Gasteiger partial charge in [-0.15, -0.1) is 0 Å². The first-order valence-corrected chi connectivity index (χ1v) is 10.5. The zero-order valence-electron chi connectivity index (χ0n) is 17.2. The van der Waals surface area contributed by atoms with Gasteiger partial charge in [-0.25, -0.2) is 0 Å². The molecule has 4 rings (SSSR count). The van der Waals surface area contributed by atoms with Gasteiger partial charge in [-0.3, -0.25) is 19.3 Å². The Morgan fingerprint density at radius 3 is 2.81 bits per heavy atom. The molecule has 31 heavy (non-hydrogen) atoms. The number of aryl methyl sites for hydroxylation is 1. The summed E-state index contributed by atoms with van der Waals surface area (Å²) < 4.78 is 11.1. The van der Waals surface area contributed by atoms with Gasteiger partial charge in [-0.2, -0.15) is 0 Å². The summed E-state index contributed by atoms with van der Waals surface area (Å²) in [6, 6.07) is 10.1. The number of hydrogen-bond acceptors (Lipinski definition) is 5. The van der Waals surface area contributed by atoms with Crippen molar-refractivity contribution in [3.05, 3.63) is 52.5 Å². The van der Waals surface area contributed by atoms with Gasteiger partial charge < -0.3 is 14.8 Å². The van der Waals surface area contributed by atoms with Crippen molar-refractivity contribution in [3.63, 3.8) is 0 Å². The standard InChI is InChI=1S/C23H23ClN2O5/c1-14-2-6-17(24)21(8-14)30-12-19(27)16-5-7-20-18(9-16)26(23(29)13-31-20)11-22(28)25-10-15-3-4-15/h2,5-9,15H,3-4,10-13H2,1H3,(H,25,28). The molecule has 2 aromatic rings. The zero-order chi connectivity index (χ0) is 22.0. The summed E-state index contributed by atoms with van der Waals surface area (Å²) in [4.78, 5) is 38.8. The van der Waals surface area contributed by atoms with Gasteiger partial charge in [0.2, 0.25) is 5.91 Å². The van der Waals surface area contributed by atoms with Crippen LogP contribution in [0.3, 0.4) is 0 Å². The Bertz CT molecular complexity index is 1030. The lowest BCUT2D eigenvalue weighted by Crippen LogP contribution is -2.45. The van der Waals surface area contributed by atoms with Crippen LogP contribution in [0.4, 0.5) is 5.69 Å². The lowest BCUT2D eigenvalue weighted by Gasteiger charge is -2.29. The maximum Gasteiger partial charge on any atom is 0.265 e. The van der Waals surface area contributed by atoms with E-state index in [4.69, 9.17) is 21.1 Å². The first-order valence-electron chi connectivity index (χ1n) is 10.2. The number of anilines is 1. The molecule has 0 aromatic heterocycles. The number of ether oxygens (including phenoxy) is 2. The van der Waals surface area contributed by atoms with E-state index >= 15 is 0 Å². The Labute approximate surface area is 185 Å². The van der Waals surface area contributed by atoms with Gasteiger partial charge >= 0.3 is 0 Å². The van der Waals surface area contributed by atoms with Crippen LogP contribution < -0.4 is 19.7 Å². The van der Waals surface area contributed by atoms with Crippen LogP contribution in [0, 0.1) is 12.8 Å². The van der Waals surface area contributed by atoms with Gasteiger partial charge in [0.05, 0.1) is 10.7 Å². The average molecular weight is 443 g/mol. The molecule has 1 heterocycles. The molecule has 0 unspecified atom stereocenters. The number of ketones is 1. The first-order chi connectivity index (χ1) is 14.9. The van der Waals surface area contributed by atoms with Crippen LogP contribution in [0.15, 0.2) is 36.4 Å². The number of carbonyl (C=O) groups is 3. The maximum atomic E-state index is 12.7. The van der Waals surface area contributed by atoms with E-state index in [2.05, 4.69) is 5.32 Å². The summed E-state index contributed by atoms with van der Waals surface area (Å²) in [7, 11) is 0. The zero-order valence-corrected chi connectivity index (χ0v) is 17.9. The molecule has 0 saturated heterocycles. The fourth-order valence-corrected chi connectivity index (χ4v) is 3.45. The van der Waals surface area contributed by atoms with Crippen LogP contribution in [0.2, 0.25) is 5.02 Å². The molecule has 2 amide bonds. The summed E-state index contributed by atoms with van der Waals surface area (Å²) in [5, 5.41) is 3.28. The largest absolute Gasteiger partial charge is 0.484 e. The summed E-state index contributed by atoms with van der Waals surface area (Å²) in [6.45, 7) is 2.06. The van der Waals surface area contributed by atoms with E-state index in [1.54, 1.807) is 30.3 Å². The monoisotopic (exact) mass is 442 g/mol. The smallest absolute Gasteiger partial charge is 0.265 e. The van der Waals surface area contributed by atoms with E-state index in [0.717, 1.165) is 18.4 Å². The fraction of sp³-hybridized carbons (Fsp3) is 0.348. The maximum absolute atomic E-state index is 12.7. The van der Waals surface area contributed by atoms with Crippen molar-refractivity contribution >= 4 is 34.9 Å². The molecule has 8 heteroatoms. The van der Waals surface area contributed by atoms with E-state index in [0.29, 0.717) is 40.2 Å². The molecule has 1 fully saturated rings. The highest BCUT2D eigenvalue weighted by Crippen LogP contribution is 2.33. The minimum atomic E-state index is -0.332. The van der Waals surface area contributed by atoms with Crippen molar-refractivity contribution in [2.24, 2.45) is 5.92 Å². The Balaban J connectivity index is 1.46. The predicted molar refractivity (Wildman–Crippen MR) is 116 cm³/mol. The number of Topliss-reactive ketones (excluding diaryl/α,β-unsaturated/α-hetero) is 1. The molecular weight excluding hydrogens is 420 g/mol. The van der Waals surface area contributed by atoms with E-state index in [9.17, 15) is 14.4 Å². The second-order valence-electron chi connectivity index (χ2n) is 7.84. The SMILES string of the molecule is Cc1ccc(Cl)c(OCC(=O)c2ccc3c(c2)N(CC(=O)NCC2CC2)C(=O)CO3)c1. The Morgan fingerprint density at radius 1 is 1.23 bits per heavy atom. The number of rotatable bonds is 8. The molecule has 0 bridgehead atoms. The molecular formula is C23H23ClN2O5. The third-order valence-corrected chi connectivity index (χ3v) is 5.57. The Hall–Kier alpha value is -3.06. The van der Waals surface area contributed by atoms with Crippen molar-refractivity contribution in [2.75, 3.05) is 31.2 Å². The molecule has 7 nitrogen and oxygen atoms in total. The van der Waals surface area contributed by atoms with Gasteiger partial charge in [0.15, 0.2) is 19.0 Å². The number of nitrogens with zero attached hydrogens (tertiary/aromatic N) is 1. The third-order valence-electron chi connectivity index (χ3n) is 5.26. The number of amides is 2. The van der Waals surface area contributed by atoms with Crippen molar-refractivity contribution in [1.82, 2.24) is 5.32 Å². The lowest BCUT2D eigenvalue weighted by atomic mass is 10.1. The normalized spacial score (nSPS) is 15.2. The van der Waals surface area contributed by atoms with Crippen LogP contribution >= 0.6 is 11.6 Å². The lowest BCUT2D eigenvalue weighted by molar-refractivity contribution is -0.125. The highest BCUT2D eigenvalue weighted by molar-refractivity contribution is 6.32. The summed E-state index contributed by atoms with van der Waals surface area (Å²) >= 11 is 6.12. The minimum Gasteiger partial charge on any atom is -0.484 e. The highest BCUT2D eigenvalue weighted by Gasteiger charge is 2.29. The molecule has 162 valence electrons. The fourth-order valence-electron chi connectivity index (χ4n) is 3.28. The van der Waals surface area contributed by atoms with Crippen LogP contribution in [0.1, 0.15) is 28.8 Å². The van der Waals surface area contributed by atoms with Crippen LogP contribution in [-0.2, 0) is 9.59 Å². The number of fused-ring (bicyclic) bond motifs is 1. The van der Waals surface area contributed by atoms with Crippen molar-refractivity contribution < 1.29 is 23.9 Å². The Kier molecular flexibility index (Phi) is 6.13. The third kappa shape index (κ3) is 5.17. The van der Waals surface area contributed by atoms with E-state index < -0.39 is 0 Å². The molecule has 0 spiro atoms. The van der Waals surface area contributed by atoms with Crippen LogP contribution in [0.5, 0.6) is 11.5 Å². The van der Waals surface area contributed by atoms with Gasteiger partial charge in [-0.05, 0) is 61.6 Å². The van der Waals surface area contributed by atoms with E-state index in [1.165, 1.54) is 4.90 Å². The van der Waals surface area contributed by atoms with Crippen molar-refractivity contribution in [1.29, 1.82) is 0 Å². The highest BCUT2D eigenvalue weighted by atomic mass is 35.5. The van der Waals surface area contributed by atoms with Crippen molar-refractivity contribution in [3.8, 4) is 11.5 Å². The van der Waals surface area contributed by atoms with Gasteiger partial charge in [-0.1, -0.05) is 17.7 Å². The molecule has 2 aromatic carbocycles. The molecule has 0 radical (unpaired) electrons. The van der Waals surface area contributed by atoms with Gasteiger partial charge in [0, 0.05) is 12.1 Å². The molecule has 1 saturated carbocycles. The molecule has 1 N–H and O–H groups in total. The quantitative estimate of drug-likeness (QED) is 0.635. The number of benzene rings is 2. The first kappa shape index (κ1) is 21.2.